The maximum atomic E-state index is 12.5. The summed E-state index contributed by atoms with van der Waals surface area (Å²) < 4.78 is 11.0. The lowest BCUT2D eigenvalue weighted by atomic mass is 10.1. The van der Waals surface area contributed by atoms with Gasteiger partial charge in [0.15, 0.2) is 6.10 Å². The van der Waals surface area contributed by atoms with E-state index in [-0.39, 0.29) is 18.7 Å². The number of rotatable bonds is 10. The quantitative estimate of drug-likeness (QED) is 0.413. The van der Waals surface area contributed by atoms with E-state index in [1.54, 1.807) is 24.3 Å². The summed E-state index contributed by atoms with van der Waals surface area (Å²) in [5.41, 5.74) is 3.43. The number of carbonyl (C=O) groups excluding carboxylic acids is 3. The van der Waals surface area contributed by atoms with Gasteiger partial charge in [0.2, 0.25) is 5.91 Å². The molecule has 3 aromatic carbocycles. The molecule has 0 fully saturated rings. The van der Waals surface area contributed by atoms with E-state index in [1.165, 1.54) is 11.9 Å². The molecule has 0 aliphatic carbocycles. The monoisotopic (exact) mass is 499 g/mol. The molecule has 1 atom stereocenters. The van der Waals surface area contributed by atoms with Gasteiger partial charge in [-0.05, 0) is 42.3 Å². The fraction of sp³-hybridized carbons (Fsp3) is 0.241. The normalized spacial score (nSPS) is 13.4. The second kappa shape index (κ2) is 12.5. The molecule has 0 aromatic heterocycles. The zero-order valence-electron chi connectivity index (χ0n) is 20.6. The molecule has 0 saturated carbocycles. The number of benzene rings is 3. The number of hydrogen-bond donors (Lipinski definition) is 1. The SMILES string of the molecule is CC(OC(=O)CCC(=O)N1CCC(c2ccccc2)=N1)C(=O)Nc1ccc(OCc2ccccc2)cc1. The number of anilines is 1. The Hall–Kier alpha value is -4.46. The molecular formula is C29H29N3O5. The highest BCUT2D eigenvalue weighted by Crippen LogP contribution is 2.18. The van der Waals surface area contributed by atoms with Crippen LogP contribution >= 0.6 is 0 Å². The van der Waals surface area contributed by atoms with Gasteiger partial charge in [-0.1, -0.05) is 60.7 Å². The van der Waals surface area contributed by atoms with E-state index >= 15 is 0 Å². The molecule has 3 aromatic rings. The van der Waals surface area contributed by atoms with Crippen LogP contribution in [-0.2, 0) is 25.7 Å². The van der Waals surface area contributed by atoms with E-state index < -0.39 is 18.0 Å². The maximum Gasteiger partial charge on any atom is 0.307 e. The van der Waals surface area contributed by atoms with Crippen molar-refractivity contribution in [2.75, 3.05) is 11.9 Å². The Morgan fingerprint density at radius 1 is 0.919 bits per heavy atom. The fourth-order valence-corrected chi connectivity index (χ4v) is 3.74. The van der Waals surface area contributed by atoms with Gasteiger partial charge in [0.1, 0.15) is 12.4 Å². The number of ether oxygens (including phenoxy) is 2. The van der Waals surface area contributed by atoms with E-state index in [9.17, 15) is 14.4 Å². The summed E-state index contributed by atoms with van der Waals surface area (Å²) in [6.45, 7) is 2.41. The number of nitrogens with one attached hydrogen (secondary N) is 1. The fourth-order valence-electron chi connectivity index (χ4n) is 3.74. The van der Waals surface area contributed by atoms with Crippen LogP contribution in [0.4, 0.5) is 5.69 Å². The molecule has 1 unspecified atom stereocenters. The van der Waals surface area contributed by atoms with Crippen molar-refractivity contribution in [3.63, 3.8) is 0 Å². The molecule has 0 radical (unpaired) electrons. The zero-order valence-corrected chi connectivity index (χ0v) is 20.6. The first-order chi connectivity index (χ1) is 18.0. The van der Waals surface area contributed by atoms with Crippen LogP contribution in [0.15, 0.2) is 90.0 Å². The third kappa shape index (κ3) is 7.51. The molecule has 1 aliphatic rings. The number of hydrazone groups is 1. The molecule has 2 amide bonds. The molecule has 8 nitrogen and oxygen atoms in total. The smallest absolute Gasteiger partial charge is 0.307 e. The minimum absolute atomic E-state index is 0.0385. The predicted molar refractivity (Wildman–Crippen MR) is 140 cm³/mol. The van der Waals surface area contributed by atoms with Crippen LogP contribution in [0.25, 0.3) is 0 Å². The summed E-state index contributed by atoms with van der Waals surface area (Å²) in [7, 11) is 0. The highest BCUT2D eigenvalue weighted by molar-refractivity contribution is 6.02. The topological polar surface area (TPSA) is 97.3 Å². The summed E-state index contributed by atoms with van der Waals surface area (Å²) in [5, 5.41) is 8.48. The summed E-state index contributed by atoms with van der Waals surface area (Å²) in [4.78, 5) is 37.1. The lowest BCUT2D eigenvalue weighted by Gasteiger charge is -2.15. The predicted octanol–water partition coefficient (Wildman–Crippen LogP) is 4.55. The molecule has 0 saturated heterocycles. The minimum Gasteiger partial charge on any atom is -0.489 e. The van der Waals surface area contributed by atoms with Gasteiger partial charge in [-0.2, -0.15) is 5.10 Å². The second-order valence-corrected chi connectivity index (χ2v) is 8.60. The Morgan fingerprint density at radius 3 is 2.30 bits per heavy atom. The van der Waals surface area contributed by atoms with Gasteiger partial charge in [0.05, 0.1) is 18.7 Å². The van der Waals surface area contributed by atoms with E-state index in [0.29, 0.717) is 31.0 Å². The van der Waals surface area contributed by atoms with Gasteiger partial charge in [-0.3, -0.25) is 14.4 Å². The summed E-state index contributed by atoms with van der Waals surface area (Å²) in [6, 6.07) is 26.4. The first-order valence-electron chi connectivity index (χ1n) is 12.2. The van der Waals surface area contributed by atoms with Gasteiger partial charge in [-0.15, -0.1) is 0 Å². The van der Waals surface area contributed by atoms with Crippen molar-refractivity contribution in [3.05, 3.63) is 96.1 Å². The highest BCUT2D eigenvalue weighted by Gasteiger charge is 2.23. The highest BCUT2D eigenvalue weighted by atomic mass is 16.5. The van der Waals surface area contributed by atoms with Crippen molar-refractivity contribution in [3.8, 4) is 5.75 Å². The number of amides is 2. The molecule has 1 aliphatic heterocycles. The summed E-state index contributed by atoms with van der Waals surface area (Å²) >= 11 is 0. The maximum absolute atomic E-state index is 12.5. The van der Waals surface area contributed by atoms with Crippen molar-refractivity contribution in [1.29, 1.82) is 0 Å². The van der Waals surface area contributed by atoms with Crippen molar-refractivity contribution >= 4 is 29.2 Å². The van der Waals surface area contributed by atoms with Gasteiger partial charge in [0, 0.05) is 18.5 Å². The Labute approximate surface area is 215 Å². The first kappa shape index (κ1) is 25.6. The third-order valence-corrected chi connectivity index (χ3v) is 5.79. The average Bonchev–Trinajstić information content (AvgIpc) is 3.43. The molecule has 0 bridgehead atoms. The average molecular weight is 500 g/mol. The van der Waals surface area contributed by atoms with Crippen LogP contribution in [0.5, 0.6) is 5.75 Å². The van der Waals surface area contributed by atoms with Crippen molar-refractivity contribution in [2.45, 2.75) is 38.9 Å². The van der Waals surface area contributed by atoms with Crippen LogP contribution < -0.4 is 10.1 Å². The van der Waals surface area contributed by atoms with E-state index in [4.69, 9.17) is 9.47 Å². The molecule has 190 valence electrons. The second-order valence-electron chi connectivity index (χ2n) is 8.60. The number of hydrogen-bond acceptors (Lipinski definition) is 6. The van der Waals surface area contributed by atoms with Gasteiger partial charge < -0.3 is 14.8 Å². The Balaban J connectivity index is 1.18. The number of nitrogens with zero attached hydrogens (tertiary/aromatic N) is 2. The van der Waals surface area contributed by atoms with E-state index in [2.05, 4.69) is 10.4 Å². The van der Waals surface area contributed by atoms with E-state index in [1.807, 2.05) is 60.7 Å². The lowest BCUT2D eigenvalue weighted by Crippen LogP contribution is -2.30. The molecule has 1 N–H and O–H groups in total. The Morgan fingerprint density at radius 2 is 1.59 bits per heavy atom. The van der Waals surface area contributed by atoms with Crippen molar-refractivity contribution < 1.29 is 23.9 Å². The van der Waals surface area contributed by atoms with Crippen molar-refractivity contribution in [1.82, 2.24) is 5.01 Å². The van der Waals surface area contributed by atoms with E-state index in [0.717, 1.165) is 16.8 Å². The Kier molecular flexibility index (Phi) is 8.65. The Bertz CT molecular complexity index is 1240. The van der Waals surface area contributed by atoms with Crippen LogP contribution in [0, 0.1) is 0 Å². The van der Waals surface area contributed by atoms with Crippen LogP contribution in [0.3, 0.4) is 0 Å². The minimum atomic E-state index is -1.01. The number of carbonyl (C=O) groups is 3. The molecule has 37 heavy (non-hydrogen) atoms. The summed E-state index contributed by atoms with van der Waals surface area (Å²) in [6.07, 6.45) is -0.511. The molecule has 1 heterocycles. The standard InChI is InChI=1S/C29H29N3O5/c1-21(29(35)30-24-12-14-25(15-13-24)36-20-22-8-4-2-5-9-22)37-28(34)17-16-27(33)32-19-18-26(31-32)23-10-6-3-7-11-23/h2-15,21H,16-20H2,1H3,(H,30,35). The van der Waals surface area contributed by atoms with Crippen LogP contribution in [-0.4, -0.2) is 41.2 Å². The van der Waals surface area contributed by atoms with Gasteiger partial charge in [-0.25, -0.2) is 5.01 Å². The van der Waals surface area contributed by atoms with Crippen LogP contribution in [0.2, 0.25) is 0 Å². The third-order valence-electron chi connectivity index (χ3n) is 5.79. The first-order valence-corrected chi connectivity index (χ1v) is 12.2. The molecular weight excluding hydrogens is 470 g/mol. The van der Waals surface area contributed by atoms with Gasteiger partial charge >= 0.3 is 5.97 Å². The number of esters is 1. The largest absolute Gasteiger partial charge is 0.489 e. The zero-order chi connectivity index (χ0) is 26.0. The molecule has 4 rings (SSSR count). The summed E-state index contributed by atoms with van der Waals surface area (Å²) in [5.74, 6) is -0.667. The van der Waals surface area contributed by atoms with Crippen LogP contribution in [0.1, 0.15) is 37.3 Å². The molecule has 0 spiro atoms. The van der Waals surface area contributed by atoms with Gasteiger partial charge in [0.25, 0.3) is 5.91 Å². The van der Waals surface area contributed by atoms with Crippen molar-refractivity contribution in [2.24, 2.45) is 5.10 Å². The lowest BCUT2D eigenvalue weighted by molar-refractivity contribution is -0.154. The molecule has 8 heteroatoms.